The number of hydrogen-bond donors (Lipinski definition) is 8. The fourth-order valence-corrected chi connectivity index (χ4v) is 12.0. The molecule has 0 amide bonds. The largest absolute Gasteiger partial charge is 0.286 e. The van der Waals surface area contributed by atoms with Crippen molar-refractivity contribution in [1.29, 1.82) is 0 Å². The summed E-state index contributed by atoms with van der Waals surface area (Å²) in [4.78, 5) is 0. The molecular weight excluding hydrogens is 599 g/mol. The quantitative estimate of drug-likeness (QED) is 0.189. The van der Waals surface area contributed by atoms with Crippen LogP contribution >= 0.6 is 0 Å². The molecule has 233 valence electrons. The van der Waals surface area contributed by atoms with Crippen molar-refractivity contribution in [2.75, 3.05) is 0 Å². The molecule has 8 bridgehead atoms. The third-order valence-corrected chi connectivity index (χ3v) is 13.8. The van der Waals surface area contributed by atoms with Crippen molar-refractivity contribution in [3.8, 4) is 0 Å². The molecule has 0 aromatic heterocycles. The minimum atomic E-state index is 0. The van der Waals surface area contributed by atoms with Gasteiger partial charge in [0, 0.05) is 19.5 Å². The summed E-state index contributed by atoms with van der Waals surface area (Å²) in [5.74, 6) is 5.97. The third kappa shape index (κ3) is 5.04. The Morgan fingerprint density at radius 2 is 0.341 bits per heavy atom. The van der Waals surface area contributed by atoms with E-state index >= 15 is 0 Å². The Morgan fingerprint density at radius 3 is 0.463 bits per heavy atom. The van der Waals surface area contributed by atoms with Gasteiger partial charge in [0.2, 0.25) is 0 Å². The summed E-state index contributed by atoms with van der Waals surface area (Å²) in [5, 5.41) is 33.8. The number of fused-ring (bicyclic) bond motifs is 20. The van der Waals surface area contributed by atoms with E-state index in [2.05, 4.69) is 42.5 Å². The van der Waals surface area contributed by atoms with E-state index in [9.17, 15) is 0 Å². The number of nitrogens with one attached hydrogen (secondary N) is 8. The zero-order chi connectivity index (χ0) is 26.2. The van der Waals surface area contributed by atoms with Crippen LogP contribution in [0.5, 0.6) is 0 Å². The van der Waals surface area contributed by atoms with Gasteiger partial charge in [-0.2, -0.15) is 0 Å². The molecule has 9 fully saturated rings. The standard InChI is InChI=1S/C32H56N8.Rh/c1-2-10-18-17(9-1)25-33-26(18)38-28-21-13-5-6-14-22(21)30(35-28)40-32-24-16-8-7-15-23(24)31(36-32)39-29-20-12-4-3-11-19(20)27(34-29)37-25;/h17-40H,1-16H2;. The fraction of sp³-hybridized carbons (Fsp3) is 1.00. The van der Waals surface area contributed by atoms with E-state index < -0.39 is 0 Å². The Kier molecular flexibility index (Phi) is 8.35. The van der Waals surface area contributed by atoms with Gasteiger partial charge in [-0.05, 0) is 98.7 Å². The average Bonchev–Trinajstić information content (AvgIpc) is 3.73. The second-order valence-electron chi connectivity index (χ2n) is 15.6. The fourth-order valence-electron chi connectivity index (χ4n) is 12.0. The molecule has 9 heteroatoms. The summed E-state index contributed by atoms with van der Waals surface area (Å²) in [5.41, 5.74) is 0. The van der Waals surface area contributed by atoms with Crippen LogP contribution in [0, 0.1) is 47.3 Å². The molecule has 0 spiro atoms. The first-order valence-electron chi connectivity index (χ1n) is 17.9. The molecular formula is C32H56N8Rh. The van der Waals surface area contributed by atoms with Gasteiger partial charge in [-0.25, -0.2) is 0 Å². The van der Waals surface area contributed by atoms with Gasteiger partial charge in [0.1, 0.15) is 0 Å². The Bertz CT molecular complexity index is 716. The Morgan fingerprint density at radius 1 is 0.220 bits per heavy atom. The average molecular weight is 656 g/mol. The van der Waals surface area contributed by atoms with Crippen molar-refractivity contribution in [1.82, 2.24) is 42.5 Å². The van der Waals surface area contributed by atoms with Crippen LogP contribution in [0.3, 0.4) is 0 Å². The first-order chi connectivity index (χ1) is 19.8. The Hall–Kier alpha value is 0.303. The topological polar surface area (TPSA) is 96.2 Å². The molecule has 8 atom stereocenters. The van der Waals surface area contributed by atoms with Crippen molar-refractivity contribution in [3.63, 3.8) is 0 Å². The van der Waals surface area contributed by atoms with E-state index in [1.807, 2.05) is 0 Å². The SMILES string of the molecule is C1CCC2C3NC(NC4NC(NC5NC(NC6NC(N3)C3CCCCC63)C3CCCCC53)C3CCCCC43)C2C1.[Rh]. The smallest absolute Gasteiger partial charge is 0.0628 e. The van der Waals surface area contributed by atoms with Gasteiger partial charge in [0.25, 0.3) is 0 Å². The normalized spacial score (nSPS) is 56.2. The molecule has 5 heterocycles. The van der Waals surface area contributed by atoms with Crippen molar-refractivity contribution in [2.45, 2.75) is 152 Å². The zero-order valence-electron chi connectivity index (χ0n) is 24.9. The van der Waals surface area contributed by atoms with Crippen molar-refractivity contribution >= 4 is 0 Å². The molecule has 0 aromatic rings. The first kappa shape index (κ1) is 28.8. The minimum absolute atomic E-state index is 0. The second-order valence-corrected chi connectivity index (χ2v) is 15.6. The first-order valence-corrected chi connectivity index (χ1v) is 17.9. The van der Waals surface area contributed by atoms with E-state index in [4.69, 9.17) is 0 Å². The van der Waals surface area contributed by atoms with Gasteiger partial charge in [-0.15, -0.1) is 0 Å². The molecule has 5 aliphatic heterocycles. The van der Waals surface area contributed by atoms with Crippen LogP contribution < -0.4 is 42.5 Å². The van der Waals surface area contributed by atoms with Crippen molar-refractivity contribution in [3.05, 3.63) is 0 Å². The van der Waals surface area contributed by atoms with Gasteiger partial charge in [0.05, 0.1) is 49.3 Å². The summed E-state index contributed by atoms with van der Waals surface area (Å²) in [6, 6.07) is 0. The molecule has 0 aromatic carbocycles. The van der Waals surface area contributed by atoms with E-state index in [0.29, 0.717) is 49.3 Å². The van der Waals surface area contributed by atoms with Crippen LogP contribution in [0.15, 0.2) is 0 Å². The summed E-state index contributed by atoms with van der Waals surface area (Å²) in [6.07, 6.45) is 25.6. The molecule has 4 saturated carbocycles. The molecule has 8 unspecified atom stereocenters. The van der Waals surface area contributed by atoms with Gasteiger partial charge < -0.3 is 0 Å². The van der Waals surface area contributed by atoms with E-state index in [1.54, 1.807) is 0 Å². The van der Waals surface area contributed by atoms with Crippen LogP contribution in [-0.4, -0.2) is 49.3 Å². The van der Waals surface area contributed by atoms with E-state index in [-0.39, 0.29) is 19.5 Å². The number of rotatable bonds is 0. The molecule has 8 N–H and O–H groups in total. The Balaban J connectivity index is 0.00000256. The van der Waals surface area contributed by atoms with E-state index in [1.165, 1.54) is 103 Å². The van der Waals surface area contributed by atoms with Crippen molar-refractivity contribution < 1.29 is 19.5 Å². The van der Waals surface area contributed by atoms with Gasteiger partial charge in [-0.1, -0.05) is 51.4 Å². The van der Waals surface area contributed by atoms with Crippen LogP contribution in [0.2, 0.25) is 0 Å². The molecule has 1 radical (unpaired) electrons. The number of hydrogen-bond acceptors (Lipinski definition) is 8. The summed E-state index contributed by atoms with van der Waals surface area (Å²) >= 11 is 0. The van der Waals surface area contributed by atoms with E-state index in [0.717, 1.165) is 47.3 Å². The molecule has 4 aliphatic carbocycles. The van der Waals surface area contributed by atoms with Gasteiger partial charge in [-0.3, -0.25) is 42.5 Å². The molecule has 9 rings (SSSR count). The zero-order valence-corrected chi connectivity index (χ0v) is 26.5. The van der Waals surface area contributed by atoms with Crippen LogP contribution in [0.1, 0.15) is 103 Å². The summed E-state index contributed by atoms with van der Waals surface area (Å²) in [7, 11) is 0. The van der Waals surface area contributed by atoms with Crippen LogP contribution in [0.4, 0.5) is 0 Å². The monoisotopic (exact) mass is 655 g/mol. The second kappa shape index (κ2) is 11.9. The van der Waals surface area contributed by atoms with Gasteiger partial charge in [0.15, 0.2) is 0 Å². The summed E-state index contributed by atoms with van der Waals surface area (Å²) in [6.45, 7) is 0. The van der Waals surface area contributed by atoms with Crippen LogP contribution in [0.25, 0.3) is 0 Å². The molecule has 41 heavy (non-hydrogen) atoms. The van der Waals surface area contributed by atoms with Crippen LogP contribution in [-0.2, 0) is 19.5 Å². The Labute approximate surface area is 260 Å². The molecule has 9 aliphatic rings. The summed E-state index contributed by atoms with van der Waals surface area (Å²) < 4.78 is 0. The molecule has 5 saturated heterocycles. The predicted molar refractivity (Wildman–Crippen MR) is 157 cm³/mol. The predicted octanol–water partition coefficient (Wildman–Crippen LogP) is 2.60. The minimum Gasteiger partial charge on any atom is -0.286 e. The molecule has 8 nitrogen and oxygen atoms in total. The maximum absolute atomic E-state index is 4.26. The maximum Gasteiger partial charge on any atom is 0.0628 e. The van der Waals surface area contributed by atoms with Crippen molar-refractivity contribution in [2.24, 2.45) is 47.3 Å². The third-order valence-electron chi connectivity index (χ3n) is 13.8. The van der Waals surface area contributed by atoms with Gasteiger partial charge >= 0.3 is 0 Å². The maximum atomic E-state index is 4.26.